The smallest absolute Gasteiger partial charge is 0.0642 e. The van der Waals surface area contributed by atoms with Crippen LogP contribution in [0.3, 0.4) is 0 Å². The van der Waals surface area contributed by atoms with Crippen LogP contribution in [-0.2, 0) is 4.74 Å². The number of ether oxygens (including phenoxy) is 1. The van der Waals surface area contributed by atoms with Gasteiger partial charge in [-0.1, -0.05) is 13.0 Å². The lowest BCUT2D eigenvalue weighted by molar-refractivity contribution is 0.122. The maximum Gasteiger partial charge on any atom is 0.0642 e. The number of hydrogen-bond acceptors (Lipinski definition) is 3. The summed E-state index contributed by atoms with van der Waals surface area (Å²) in [5.41, 5.74) is 2.51. The summed E-state index contributed by atoms with van der Waals surface area (Å²) in [6.07, 6.45) is 1.15. The van der Waals surface area contributed by atoms with Crippen molar-refractivity contribution in [2.45, 2.75) is 13.3 Å². The van der Waals surface area contributed by atoms with E-state index in [0.29, 0.717) is 0 Å². The molecule has 0 unspecified atom stereocenters. The molecule has 1 aliphatic heterocycles. The van der Waals surface area contributed by atoms with Gasteiger partial charge in [0.25, 0.3) is 0 Å². The standard InChI is InChI=1S/C13H20N2O/c1-2-6-14-12-4-3-5-13(11-12)15-7-9-16-10-8-15/h3-5,11,14H,2,6-10H2,1H3. The molecule has 3 heteroatoms. The van der Waals surface area contributed by atoms with E-state index >= 15 is 0 Å². The third kappa shape index (κ3) is 2.89. The molecule has 0 spiro atoms. The Morgan fingerprint density at radius 3 is 2.88 bits per heavy atom. The average molecular weight is 220 g/mol. The van der Waals surface area contributed by atoms with Crippen molar-refractivity contribution >= 4 is 11.4 Å². The van der Waals surface area contributed by atoms with Crippen molar-refractivity contribution in [3.63, 3.8) is 0 Å². The van der Waals surface area contributed by atoms with E-state index < -0.39 is 0 Å². The zero-order valence-corrected chi connectivity index (χ0v) is 9.91. The number of nitrogens with zero attached hydrogens (tertiary/aromatic N) is 1. The van der Waals surface area contributed by atoms with Crippen LogP contribution >= 0.6 is 0 Å². The van der Waals surface area contributed by atoms with Gasteiger partial charge in [0.1, 0.15) is 0 Å². The van der Waals surface area contributed by atoms with E-state index in [0.717, 1.165) is 39.3 Å². The van der Waals surface area contributed by atoms with Crippen molar-refractivity contribution in [1.29, 1.82) is 0 Å². The van der Waals surface area contributed by atoms with Crippen LogP contribution < -0.4 is 10.2 Å². The molecule has 16 heavy (non-hydrogen) atoms. The molecule has 88 valence electrons. The molecular weight excluding hydrogens is 200 g/mol. The Kier molecular flexibility index (Phi) is 4.05. The molecule has 0 aromatic heterocycles. The highest BCUT2D eigenvalue weighted by atomic mass is 16.5. The van der Waals surface area contributed by atoms with E-state index in [4.69, 9.17) is 4.74 Å². The molecule has 1 aliphatic rings. The van der Waals surface area contributed by atoms with Crippen LogP contribution in [0.2, 0.25) is 0 Å². The lowest BCUT2D eigenvalue weighted by atomic mass is 10.2. The number of nitrogens with one attached hydrogen (secondary N) is 1. The van der Waals surface area contributed by atoms with Crippen LogP contribution in [0.25, 0.3) is 0 Å². The molecule has 2 rings (SSSR count). The Hall–Kier alpha value is -1.22. The fourth-order valence-corrected chi connectivity index (χ4v) is 1.90. The molecule has 0 saturated carbocycles. The maximum atomic E-state index is 5.36. The zero-order valence-electron chi connectivity index (χ0n) is 9.91. The number of anilines is 2. The monoisotopic (exact) mass is 220 g/mol. The molecule has 1 fully saturated rings. The van der Waals surface area contributed by atoms with Crippen LogP contribution in [0.15, 0.2) is 24.3 Å². The molecule has 0 radical (unpaired) electrons. The molecule has 0 atom stereocenters. The maximum absolute atomic E-state index is 5.36. The Morgan fingerprint density at radius 2 is 2.12 bits per heavy atom. The van der Waals surface area contributed by atoms with Gasteiger partial charge in [0.05, 0.1) is 13.2 Å². The van der Waals surface area contributed by atoms with Gasteiger partial charge in [-0.25, -0.2) is 0 Å². The third-order valence-corrected chi connectivity index (χ3v) is 2.80. The quantitative estimate of drug-likeness (QED) is 0.843. The minimum atomic E-state index is 0.840. The van der Waals surface area contributed by atoms with E-state index in [2.05, 4.69) is 41.4 Å². The molecule has 1 aromatic carbocycles. The van der Waals surface area contributed by atoms with Crippen molar-refractivity contribution in [1.82, 2.24) is 0 Å². The first-order valence-electron chi connectivity index (χ1n) is 6.07. The van der Waals surface area contributed by atoms with E-state index in [1.807, 2.05) is 0 Å². The lowest BCUT2D eigenvalue weighted by Gasteiger charge is -2.29. The van der Waals surface area contributed by atoms with Crippen LogP contribution in [0.4, 0.5) is 11.4 Å². The van der Waals surface area contributed by atoms with Gasteiger partial charge < -0.3 is 15.0 Å². The van der Waals surface area contributed by atoms with Crippen molar-refractivity contribution in [2.75, 3.05) is 43.1 Å². The number of morpholine rings is 1. The van der Waals surface area contributed by atoms with Crippen LogP contribution in [-0.4, -0.2) is 32.8 Å². The molecule has 1 aromatic rings. The highest BCUT2D eigenvalue weighted by Gasteiger charge is 2.10. The minimum absolute atomic E-state index is 0.840. The van der Waals surface area contributed by atoms with Gasteiger partial charge in [-0.15, -0.1) is 0 Å². The average Bonchev–Trinajstić information content (AvgIpc) is 2.38. The molecule has 1 heterocycles. The topological polar surface area (TPSA) is 24.5 Å². The molecule has 0 aliphatic carbocycles. The molecular formula is C13H20N2O. The summed E-state index contributed by atoms with van der Waals surface area (Å²) in [4.78, 5) is 2.38. The van der Waals surface area contributed by atoms with E-state index in [9.17, 15) is 0 Å². The second kappa shape index (κ2) is 5.75. The summed E-state index contributed by atoms with van der Waals surface area (Å²) in [5, 5.41) is 3.42. The van der Waals surface area contributed by atoms with Crippen LogP contribution in [0, 0.1) is 0 Å². The predicted molar refractivity (Wildman–Crippen MR) is 68.3 cm³/mol. The van der Waals surface area contributed by atoms with Gasteiger partial charge in [-0.3, -0.25) is 0 Å². The molecule has 0 amide bonds. The fourth-order valence-electron chi connectivity index (χ4n) is 1.90. The summed E-state index contributed by atoms with van der Waals surface area (Å²) in [5.74, 6) is 0. The first kappa shape index (κ1) is 11.3. The Labute approximate surface area is 97.4 Å². The van der Waals surface area contributed by atoms with Crippen molar-refractivity contribution < 1.29 is 4.74 Å². The van der Waals surface area contributed by atoms with Crippen molar-refractivity contribution in [3.8, 4) is 0 Å². The van der Waals surface area contributed by atoms with Gasteiger partial charge in [0.15, 0.2) is 0 Å². The van der Waals surface area contributed by atoms with Gasteiger partial charge in [0, 0.05) is 31.0 Å². The predicted octanol–water partition coefficient (Wildman–Crippen LogP) is 2.35. The van der Waals surface area contributed by atoms with Crippen molar-refractivity contribution in [2.24, 2.45) is 0 Å². The Balaban J connectivity index is 2.02. The SMILES string of the molecule is CCCNc1cccc(N2CCOCC2)c1. The van der Waals surface area contributed by atoms with Crippen LogP contribution in [0.1, 0.15) is 13.3 Å². The van der Waals surface area contributed by atoms with Gasteiger partial charge in [0.2, 0.25) is 0 Å². The number of hydrogen-bond donors (Lipinski definition) is 1. The normalized spacial score (nSPS) is 16.2. The van der Waals surface area contributed by atoms with Gasteiger partial charge >= 0.3 is 0 Å². The summed E-state index contributed by atoms with van der Waals surface area (Å²) in [6.45, 7) is 6.89. The van der Waals surface area contributed by atoms with E-state index in [1.54, 1.807) is 0 Å². The third-order valence-electron chi connectivity index (χ3n) is 2.80. The Bertz CT molecular complexity index is 321. The number of benzene rings is 1. The molecule has 3 nitrogen and oxygen atoms in total. The summed E-state index contributed by atoms with van der Waals surface area (Å²) < 4.78 is 5.36. The molecule has 1 saturated heterocycles. The second-order valence-electron chi connectivity index (χ2n) is 4.08. The Morgan fingerprint density at radius 1 is 1.31 bits per heavy atom. The largest absolute Gasteiger partial charge is 0.385 e. The summed E-state index contributed by atoms with van der Waals surface area (Å²) >= 11 is 0. The zero-order chi connectivity index (χ0) is 11.2. The summed E-state index contributed by atoms with van der Waals surface area (Å²) in [7, 11) is 0. The highest BCUT2D eigenvalue weighted by molar-refractivity contribution is 5.58. The van der Waals surface area contributed by atoms with Gasteiger partial charge in [-0.05, 0) is 24.6 Å². The van der Waals surface area contributed by atoms with Crippen LogP contribution in [0.5, 0.6) is 0 Å². The van der Waals surface area contributed by atoms with Crippen molar-refractivity contribution in [3.05, 3.63) is 24.3 Å². The van der Waals surface area contributed by atoms with E-state index in [-0.39, 0.29) is 0 Å². The first-order valence-corrected chi connectivity index (χ1v) is 6.07. The highest BCUT2D eigenvalue weighted by Crippen LogP contribution is 2.20. The molecule has 1 N–H and O–H groups in total. The van der Waals surface area contributed by atoms with E-state index in [1.165, 1.54) is 11.4 Å². The van der Waals surface area contributed by atoms with Gasteiger partial charge in [-0.2, -0.15) is 0 Å². The first-order chi connectivity index (χ1) is 7.90. The second-order valence-corrected chi connectivity index (χ2v) is 4.08. The fraction of sp³-hybridized carbons (Fsp3) is 0.538. The summed E-state index contributed by atoms with van der Waals surface area (Å²) in [6, 6.07) is 8.63. The molecule has 0 bridgehead atoms. The lowest BCUT2D eigenvalue weighted by Crippen LogP contribution is -2.36. The number of rotatable bonds is 4. The minimum Gasteiger partial charge on any atom is -0.385 e.